The van der Waals surface area contributed by atoms with Gasteiger partial charge in [-0.05, 0) is 22.9 Å². The fourth-order valence-corrected chi connectivity index (χ4v) is 2.14. The van der Waals surface area contributed by atoms with Gasteiger partial charge in [-0.3, -0.25) is 0 Å². The second-order valence-corrected chi connectivity index (χ2v) is 4.55. The number of hydrogen-bond acceptors (Lipinski definition) is 3. The van der Waals surface area contributed by atoms with Gasteiger partial charge in [0, 0.05) is 23.9 Å². The van der Waals surface area contributed by atoms with Gasteiger partial charge in [-0.1, -0.05) is 30.3 Å². The Labute approximate surface area is 117 Å². The van der Waals surface area contributed by atoms with Crippen LogP contribution < -0.4 is 15.2 Å². The second-order valence-electron chi connectivity index (χ2n) is 4.55. The molecule has 0 saturated carbocycles. The van der Waals surface area contributed by atoms with Gasteiger partial charge in [0.15, 0.2) is 0 Å². The number of ether oxygens (including phenoxy) is 2. The van der Waals surface area contributed by atoms with E-state index in [0.29, 0.717) is 17.2 Å². The first-order valence-corrected chi connectivity index (χ1v) is 6.36. The topological polar surface area (TPSA) is 44.5 Å². The average Bonchev–Trinajstić information content (AvgIpc) is 2.46. The van der Waals surface area contributed by atoms with Gasteiger partial charge >= 0.3 is 0 Å². The van der Waals surface area contributed by atoms with Crippen LogP contribution in [-0.2, 0) is 0 Å². The summed E-state index contributed by atoms with van der Waals surface area (Å²) in [4.78, 5) is 0. The normalized spacial score (nSPS) is 10.4. The highest BCUT2D eigenvalue weighted by atomic mass is 16.5. The van der Waals surface area contributed by atoms with Crippen LogP contribution in [0.15, 0.2) is 60.7 Å². The first-order chi connectivity index (χ1) is 9.74. The second kappa shape index (κ2) is 5.13. The van der Waals surface area contributed by atoms with Crippen LogP contribution in [0.3, 0.4) is 0 Å². The molecule has 100 valence electrons. The van der Waals surface area contributed by atoms with Gasteiger partial charge < -0.3 is 15.2 Å². The zero-order chi connectivity index (χ0) is 13.9. The zero-order valence-corrected chi connectivity index (χ0v) is 11.2. The number of methoxy groups -OCH3 is 1. The summed E-state index contributed by atoms with van der Waals surface area (Å²) in [6.45, 7) is 0. The summed E-state index contributed by atoms with van der Waals surface area (Å²) in [6, 6.07) is 19.5. The molecule has 2 N–H and O–H groups in total. The van der Waals surface area contributed by atoms with E-state index >= 15 is 0 Å². The van der Waals surface area contributed by atoms with Crippen molar-refractivity contribution in [3.05, 3.63) is 60.7 Å². The van der Waals surface area contributed by atoms with Gasteiger partial charge in [-0.2, -0.15) is 0 Å². The molecule has 3 heteroatoms. The molecule has 0 aliphatic rings. The van der Waals surface area contributed by atoms with Crippen molar-refractivity contribution in [2.24, 2.45) is 0 Å². The molecule has 0 aliphatic carbocycles. The number of nitrogens with two attached hydrogens (primary N) is 1. The predicted molar refractivity (Wildman–Crippen MR) is 81.4 cm³/mol. The number of hydrogen-bond donors (Lipinski definition) is 1. The van der Waals surface area contributed by atoms with Crippen LogP contribution in [0.5, 0.6) is 17.2 Å². The number of anilines is 1. The molecule has 0 bridgehead atoms. The van der Waals surface area contributed by atoms with E-state index in [9.17, 15) is 0 Å². The van der Waals surface area contributed by atoms with Gasteiger partial charge in [-0.25, -0.2) is 0 Å². The monoisotopic (exact) mass is 265 g/mol. The van der Waals surface area contributed by atoms with Crippen LogP contribution in [0.25, 0.3) is 10.8 Å². The summed E-state index contributed by atoms with van der Waals surface area (Å²) in [6.07, 6.45) is 0. The lowest BCUT2D eigenvalue weighted by molar-refractivity contribution is 0.409. The van der Waals surface area contributed by atoms with Gasteiger partial charge in [0.25, 0.3) is 0 Å². The standard InChI is InChI=1S/C17H15NO2/c1-19-16-9-14(18)10-17(11-16)20-15-7-6-12-4-2-3-5-13(12)8-15/h2-11H,18H2,1H3. The fourth-order valence-electron chi connectivity index (χ4n) is 2.14. The summed E-state index contributed by atoms with van der Waals surface area (Å²) in [5.74, 6) is 2.12. The Morgan fingerprint density at radius 3 is 2.30 bits per heavy atom. The molecule has 0 heterocycles. The van der Waals surface area contributed by atoms with E-state index in [1.807, 2.05) is 36.4 Å². The summed E-state index contributed by atoms with van der Waals surface area (Å²) in [7, 11) is 1.61. The van der Waals surface area contributed by atoms with Gasteiger partial charge in [-0.15, -0.1) is 0 Å². The number of fused-ring (bicyclic) bond motifs is 1. The summed E-state index contributed by atoms with van der Waals surface area (Å²) >= 11 is 0. The molecule has 0 atom stereocenters. The minimum atomic E-state index is 0.611. The molecule has 0 amide bonds. The van der Waals surface area contributed by atoms with E-state index in [4.69, 9.17) is 15.2 Å². The van der Waals surface area contributed by atoms with Gasteiger partial charge in [0.05, 0.1) is 7.11 Å². The van der Waals surface area contributed by atoms with Crippen LogP contribution in [0.1, 0.15) is 0 Å². The SMILES string of the molecule is COc1cc(N)cc(Oc2ccc3ccccc3c2)c1. The van der Waals surface area contributed by atoms with Crippen molar-refractivity contribution in [2.45, 2.75) is 0 Å². The quantitative estimate of drug-likeness (QED) is 0.721. The van der Waals surface area contributed by atoms with E-state index in [1.54, 1.807) is 19.2 Å². The minimum Gasteiger partial charge on any atom is -0.497 e. The van der Waals surface area contributed by atoms with Gasteiger partial charge in [0.2, 0.25) is 0 Å². The molecule has 3 rings (SSSR count). The minimum absolute atomic E-state index is 0.611. The summed E-state index contributed by atoms with van der Waals surface area (Å²) < 4.78 is 11.0. The Balaban J connectivity index is 1.94. The molecule has 20 heavy (non-hydrogen) atoms. The van der Waals surface area contributed by atoms with E-state index in [1.165, 1.54) is 5.39 Å². The zero-order valence-electron chi connectivity index (χ0n) is 11.2. The molecule has 3 aromatic rings. The molecule has 0 aromatic heterocycles. The van der Waals surface area contributed by atoms with E-state index in [-0.39, 0.29) is 0 Å². The molecule has 0 aliphatic heterocycles. The van der Waals surface area contributed by atoms with Crippen molar-refractivity contribution in [1.29, 1.82) is 0 Å². The third-order valence-electron chi connectivity index (χ3n) is 3.09. The van der Waals surface area contributed by atoms with Gasteiger partial charge in [0.1, 0.15) is 17.2 Å². The smallest absolute Gasteiger partial charge is 0.133 e. The Morgan fingerprint density at radius 2 is 1.50 bits per heavy atom. The third-order valence-corrected chi connectivity index (χ3v) is 3.09. The van der Waals surface area contributed by atoms with E-state index in [2.05, 4.69) is 12.1 Å². The lowest BCUT2D eigenvalue weighted by Crippen LogP contribution is -1.91. The highest BCUT2D eigenvalue weighted by molar-refractivity contribution is 5.83. The van der Waals surface area contributed by atoms with Crippen LogP contribution in [-0.4, -0.2) is 7.11 Å². The highest BCUT2D eigenvalue weighted by Gasteiger charge is 2.03. The van der Waals surface area contributed by atoms with Crippen molar-refractivity contribution < 1.29 is 9.47 Å². The van der Waals surface area contributed by atoms with Crippen molar-refractivity contribution >= 4 is 16.5 Å². The first-order valence-electron chi connectivity index (χ1n) is 6.36. The molecular weight excluding hydrogens is 250 g/mol. The van der Waals surface area contributed by atoms with E-state index < -0.39 is 0 Å². The maximum atomic E-state index is 5.85. The van der Waals surface area contributed by atoms with Crippen molar-refractivity contribution in [3.63, 3.8) is 0 Å². The van der Waals surface area contributed by atoms with Crippen molar-refractivity contribution in [1.82, 2.24) is 0 Å². The van der Waals surface area contributed by atoms with Crippen LogP contribution in [0, 0.1) is 0 Å². The Kier molecular flexibility index (Phi) is 3.17. The first kappa shape index (κ1) is 12.4. The van der Waals surface area contributed by atoms with Crippen molar-refractivity contribution in [3.8, 4) is 17.2 Å². The fraction of sp³-hybridized carbons (Fsp3) is 0.0588. The molecule has 0 saturated heterocycles. The summed E-state index contributed by atoms with van der Waals surface area (Å²) in [5, 5.41) is 2.32. The Morgan fingerprint density at radius 1 is 0.750 bits per heavy atom. The molecule has 0 spiro atoms. The number of rotatable bonds is 3. The lowest BCUT2D eigenvalue weighted by Gasteiger charge is -2.09. The third kappa shape index (κ3) is 2.52. The molecule has 0 radical (unpaired) electrons. The maximum Gasteiger partial charge on any atom is 0.133 e. The highest BCUT2D eigenvalue weighted by Crippen LogP contribution is 2.30. The average molecular weight is 265 g/mol. The van der Waals surface area contributed by atoms with Crippen LogP contribution in [0.4, 0.5) is 5.69 Å². The van der Waals surface area contributed by atoms with E-state index in [0.717, 1.165) is 11.1 Å². The predicted octanol–water partition coefficient (Wildman–Crippen LogP) is 4.22. The molecular formula is C17H15NO2. The Bertz CT molecular complexity index is 753. The number of benzene rings is 3. The largest absolute Gasteiger partial charge is 0.497 e. The molecule has 3 aromatic carbocycles. The Hall–Kier alpha value is -2.68. The summed E-state index contributed by atoms with van der Waals surface area (Å²) in [5.41, 5.74) is 6.43. The maximum absolute atomic E-state index is 5.85. The number of nitrogen functional groups attached to an aromatic ring is 1. The molecule has 0 fully saturated rings. The van der Waals surface area contributed by atoms with Crippen molar-refractivity contribution in [2.75, 3.05) is 12.8 Å². The molecule has 0 unspecified atom stereocenters. The van der Waals surface area contributed by atoms with Crippen LogP contribution in [0.2, 0.25) is 0 Å². The van der Waals surface area contributed by atoms with Crippen LogP contribution >= 0.6 is 0 Å². The lowest BCUT2D eigenvalue weighted by atomic mass is 10.1. The molecule has 3 nitrogen and oxygen atoms in total.